The van der Waals surface area contributed by atoms with Gasteiger partial charge in [0, 0.05) is 49.6 Å². The lowest BCUT2D eigenvalue weighted by molar-refractivity contribution is 0.248. The van der Waals surface area contributed by atoms with E-state index < -0.39 is 10.0 Å². The molecule has 3 heterocycles. The summed E-state index contributed by atoms with van der Waals surface area (Å²) in [7, 11) is -1.80. The molecule has 154 valence electrons. The Morgan fingerprint density at radius 2 is 1.93 bits per heavy atom. The van der Waals surface area contributed by atoms with Gasteiger partial charge in [0.15, 0.2) is 0 Å². The lowest BCUT2D eigenvalue weighted by atomic mass is 9.93. The van der Waals surface area contributed by atoms with E-state index in [2.05, 4.69) is 21.8 Å². The molecule has 0 bridgehead atoms. The van der Waals surface area contributed by atoms with Gasteiger partial charge in [0.25, 0.3) is 0 Å². The summed E-state index contributed by atoms with van der Waals surface area (Å²) in [4.78, 5) is 9.60. The fourth-order valence-corrected chi connectivity index (χ4v) is 6.60. The highest BCUT2D eigenvalue weighted by molar-refractivity contribution is 7.89. The third-order valence-corrected chi connectivity index (χ3v) is 8.53. The molecule has 1 aliphatic rings. The molecule has 1 N–H and O–H groups in total. The number of H-pyrrole nitrogens is 1. The zero-order valence-electron chi connectivity index (χ0n) is 16.1. The van der Waals surface area contributed by atoms with E-state index in [-0.39, 0.29) is 21.0 Å². The molecule has 4 rings (SSSR count). The van der Waals surface area contributed by atoms with Crippen molar-refractivity contribution in [2.45, 2.75) is 24.3 Å². The molecule has 0 saturated carbocycles. The fraction of sp³-hybridized carbons (Fsp3) is 0.350. The molecule has 2 atom stereocenters. The van der Waals surface area contributed by atoms with E-state index in [0.717, 1.165) is 23.1 Å². The predicted molar refractivity (Wildman–Crippen MR) is 117 cm³/mol. The van der Waals surface area contributed by atoms with Crippen molar-refractivity contribution < 1.29 is 8.42 Å². The van der Waals surface area contributed by atoms with Crippen LogP contribution in [0.2, 0.25) is 10.0 Å². The van der Waals surface area contributed by atoms with Crippen LogP contribution in [0, 0.1) is 5.92 Å². The van der Waals surface area contributed by atoms with Gasteiger partial charge in [0.2, 0.25) is 10.0 Å². The number of fused-ring (bicyclic) bond motifs is 1. The number of sulfonamides is 1. The Balaban J connectivity index is 1.67. The maximum Gasteiger partial charge on any atom is 0.246 e. The van der Waals surface area contributed by atoms with Crippen molar-refractivity contribution in [3.8, 4) is 0 Å². The Hall–Kier alpha value is -1.80. The SMILES string of the molecule is CC1CCN(S(=O)(=O)c2c(Cl)cccc2Cl)CC1N(C)c1ccnc2[nH]ccc12. The predicted octanol–water partition coefficient (Wildman–Crippen LogP) is 4.41. The van der Waals surface area contributed by atoms with E-state index in [1.54, 1.807) is 24.4 Å². The van der Waals surface area contributed by atoms with Crippen LogP contribution in [-0.2, 0) is 10.0 Å². The van der Waals surface area contributed by atoms with E-state index >= 15 is 0 Å². The zero-order valence-corrected chi connectivity index (χ0v) is 18.5. The average molecular weight is 453 g/mol. The average Bonchev–Trinajstić information content (AvgIpc) is 3.16. The van der Waals surface area contributed by atoms with Crippen LogP contribution in [-0.4, -0.2) is 48.9 Å². The fourth-order valence-electron chi connectivity index (χ4n) is 4.03. The van der Waals surface area contributed by atoms with Gasteiger partial charge in [-0.25, -0.2) is 13.4 Å². The Labute approximate surface area is 180 Å². The van der Waals surface area contributed by atoms with Gasteiger partial charge >= 0.3 is 0 Å². The molecule has 3 aromatic rings. The summed E-state index contributed by atoms with van der Waals surface area (Å²) in [5.74, 6) is 0.315. The first-order valence-electron chi connectivity index (χ1n) is 9.40. The van der Waals surface area contributed by atoms with Crippen LogP contribution in [0.4, 0.5) is 5.69 Å². The quantitative estimate of drug-likeness (QED) is 0.636. The highest BCUT2D eigenvalue weighted by Crippen LogP contribution is 2.35. The molecule has 1 saturated heterocycles. The summed E-state index contributed by atoms with van der Waals surface area (Å²) < 4.78 is 28.2. The normalized spacial score (nSPS) is 20.8. The van der Waals surface area contributed by atoms with Gasteiger partial charge in [-0.15, -0.1) is 0 Å². The van der Waals surface area contributed by atoms with Crippen LogP contribution in [0.3, 0.4) is 0 Å². The Morgan fingerprint density at radius 3 is 2.66 bits per heavy atom. The number of aromatic nitrogens is 2. The van der Waals surface area contributed by atoms with Crippen LogP contribution in [0.25, 0.3) is 11.0 Å². The summed E-state index contributed by atoms with van der Waals surface area (Å²) in [6, 6.07) is 8.69. The standard InChI is InChI=1S/C20H22Cl2N4O2S/c1-13-8-11-26(29(27,28)19-15(21)4-3-5-16(19)22)12-18(13)25(2)17-7-10-24-20-14(17)6-9-23-20/h3-7,9-10,13,18H,8,11-12H2,1-2H3,(H,23,24). The summed E-state index contributed by atoms with van der Waals surface area (Å²) >= 11 is 12.4. The smallest absolute Gasteiger partial charge is 0.246 e. The summed E-state index contributed by atoms with van der Waals surface area (Å²) in [5.41, 5.74) is 1.83. The van der Waals surface area contributed by atoms with Crippen molar-refractivity contribution in [2.24, 2.45) is 5.92 Å². The first-order valence-corrected chi connectivity index (χ1v) is 11.6. The van der Waals surface area contributed by atoms with Gasteiger partial charge in [0.05, 0.1) is 10.0 Å². The second-order valence-corrected chi connectivity index (χ2v) is 10.1. The molecule has 2 unspecified atom stereocenters. The molecule has 0 spiro atoms. The first-order chi connectivity index (χ1) is 13.8. The summed E-state index contributed by atoms with van der Waals surface area (Å²) in [6.07, 6.45) is 4.36. The second kappa shape index (κ2) is 7.80. The molecule has 0 radical (unpaired) electrons. The van der Waals surface area contributed by atoms with Crippen LogP contribution in [0.1, 0.15) is 13.3 Å². The molecule has 6 nitrogen and oxygen atoms in total. The van der Waals surface area contributed by atoms with E-state index in [1.165, 1.54) is 4.31 Å². The highest BCUT2D eigenvalue weighted by atomic mass is 35.5. The topological polar surface area (TPSA) is 69.3 Å². The van der Waals surface area contributed by atoms with Gasteiger partial charge in [0.1, 0.15) is 10.5 Å². The van der Waals surface area contributed by atoms with Gasteiger partial charge in [-0.1, -0.05) is 36.2 Å². The number of anilines is 1. The van der Waals surface area contributed by atoms with Crippen LogP contribution < -0.4 is 4.90 Å². The molecule has 1 fully saturated rings. The van der Waals surface area contributed by atoms with Crippen molar-refractivity contribution in [2.75, 3.05) is 25.0 Å². The number of aromatic amines is 1. The van der Waals surface area contributed by atoms with E-state index in [9.17, 15) is 8.42 Å². The highest BCUT2D eigenvalue weighted by Gasteiger charge is 2.37. The number of likely N-dealkylation sites (N-methyl/N-ethyl adjacent to an activating group) is 1. The summed E-state index contributed by atoms with van der Waals surface area (Å²) in [6.45, 7) is 2.95. The number of hydrogen-bond acceptors (Lipinski definition) is 4. The monoisotopic (exact) mass is 452 g/mol. The lowest BCUT2D eigenvalue weighted by Gasteiger charge is -2.42. The number of hydrogen-bond donors (Lipinski definition) is 1. The van der Waals surface area contributed by atoms with Crippen molar-refractivity contribution in [1.82, 2.24) is 14.3 Å². The van der Waals surface area contributed by atoms with Crippen LogP contribution in [0.15, 0.2) is 47.6 Å². The Bertz CT molecular complexity index is 1130. The Morgan fingerprint density at radius 1 is 1.21 bits per heavy atom. The molecule has 0 aliphatic carbocycles. The molecule has 1 aromatic carbocycles. The molecule has 0 amide bonds. The maximum atomic E-state index is 13.3. The van der Waals surface area contributed by atoms with Crippen molar-refractivity contribution in [3.63, 3.8) is 0 Å². The van der Waals surface area contributed by atoms with E-state index in [0.29, 0.717) is 19.0 Å². The minimum absolute atomic E-state index is 0.000267. The number of benzene rings is 1. The molecule has 9 heteroatoms. The number of rotatable bonds is 4. The number of pyridine rings is 1. The number of halogens is 2. The van der Waals surface area contributed by atoms with Gasteiger partial charge in [-0.3, -0.25) is 0 Å². The lowest BCUT2D eigenvalue weighted by Crippen LogP contribution is -2.52. The van der Waals surface area contributed by atoms with Crippen molar-refractivity contribution in [3.05, 3.63) is 52.8 Å². The van der Waals surface area contributed by atoms with Crippen molar-refractivity contribution in [1.29, 1.82) is 0 Å². The molecular weight excluding hydrogens is 431 g/mol. The number of piperidine rings is 1. The molecule has 29 heavy (non-hydrogen) atoms. The maximum absolute atomic E-state index is 13.3. The minimum atomic E-state index is -3.80. The van der Waals surface area contributed by atoms with Gasteiger partial charge in [-0.05, 0) is 36.6 Å². The van der Waals surface area contributed by atoms with Gasteiger partial charge < -0.3 is 9.88 Å². The minimum Gasteiger partial charge on any atom is -0.369 e. The van der Waals surface area contributed by atoms with Crippen LogP contribution in [0.5, 0.6) is 0 Å². The van der Waals surface area contributed by atoms with Crippen LogP contribution >= 0.6 is 23.2 Å². The van der Waals surface area contributed by atoms with E-state index in [4.69, 9.17) is 23.2 Å². The first kappa shape index (κ1) is 20.5. The second-order valence-electron chi connectivity index (χ2n) is 7.43. The number of nitrogens with zero attached hydrogens (tertiary/aromatic N) is 3. The largest absolute Gasteiger partial charge is 0.369 e. The summed E-state index contributed by atoms with van der Waals surface area (Å²) in [5, 5.41) is 1.30. The van der Waals surface area contributed by atoms with Gasteiger partial charge in [-0.2, -0.15) is 4.31 Å². The molecular formula is C20H22Cl2N4O2S. The third kappa shape index (κ3) is 3.61. The Kier molecular flexibility index (Phi) is 5.50. The van der Waals surface area contributed by atoms with Crippen molar-refractivity contribution >= 4 is 49.9 Å². The van der Waals surface area contributed by atoms with E-state index in [1.807, 2.05) is 25.4 Å². The molecule has 1 aliphatic heterocycles. The zero-order chi connectivity index (χ0) is 20.8. The third-order valence-electron chi connectivity index (χ3n) is 5.71. The number of nitrogens with one attached hydrogen (secondary N) is 1. The molecule has 2 aromatic heterocycles.